The lowest BCUT2D eigenvalue weighted by Crippen LogP contribution is -2.36. The Balaban J connectivity index is 1.60. The zero-order chi connectivity index (χ0) is 20.2. The van der Waals surface area contributed by atoms with Crippen LogP contribution < -0.4 is 0 Å². The second-order valence-electron chi connectivity index (χ2n) is 8.12. The van der Waals surface area contributed by atoms with Gasteiger partial charge in [0.15, 0.2) is 0 Å². The summed E-state index contributed by atoms with van der Waals surface area (Å²) in [4.78, 5) is 10.2. The maximum atomic E-state index is 13.4. The molecule has 3 aromatic rings. The molecule has 5 heteroatoms. The largest absolute Gasteiger partial charge is 0.396 e. The molecule has 29 heavy (non-hydrogen) atoms. The van der Waals surface area contributed by atoms with Gasteiger partial charge in [0, 0.05) is 42.7 Å². The summed E-state index contributed by atoms with van der Waals surface area (Å²) in [5.41, 5.74) is 5.49. The van der Waals surface area contributed by atoms with E-state index in [9.17, 15) is 9.50 Å². The molecule has 0 aliphatic carbocycles. The Bertz CT molecular complexity index is 915. The highest BCUT2D eigenvalue weighted by atomic mass is 19.1. The summed E-state index contributed by atoms with van der Waals surface area (Å²) in [7, 11) is 0. The molecule has 0 amide bonds. The molecule has 0 radical (unpaired) electrons. The maximum absolute atomic E-state index is 13.4. The maximum Gasteiger partial charge on any atom is 0.123 e. The molecular formula is C24H28FN3O. The number of nitrogens with zero attached hydrogens (tertiary/aromatic N) is 2. The summed E-state index contributed by atoms with van der Waals surface area (Å²) >= 11 is 0. The fourth-order valence-electron chi connectivity index (χ4n) is 4.22. The second-order valence-corrected chi connectivity index (χ2v) is 8.12. The first-order chi connectivity index (χ1) is 14.1. The minimum atomic E-state index is -0.226. The number of rotatable bonds is 6. The number of piperidine rings is 1. The van der Waals surface area contributed by atoms with Crippen LogP contribution in [-0.2, 0) is 0 Å². The molecule has 2 N–H and O–H groups in total. The molecule has 1 aliphatic rings. The molecule has 152 valence electrons. The number of aromatic amines is 1. The van der Waals surface area contributed by atoms with Crippen LogP contribution in [0.3, 0.4) is 0 Å². The molecule has 2 aromatic heterocycles. The lowest BCUT2D eigenvalue weighted by molar-refractivity contribution is 0.148. The van der Waals surface area contributed by atoms with E-state index >= 15 is 0 Å². The number of nitrogens with one attached hydrogen (secondary N) is 1. The number of halogens is 1. The monoisotopic (exact) mass is 393 g/mol. The van der Waals surface area contributed by atoms with Gasteiger partial charge >= 0.3 is 0 Å². The van der Waals surface area contributed by atoms with Crippen molar-refractivity contribution < 1.29 is 9.50 Å². The van der Waals surface area contributed by atoms with Crippen molar-refractivity contribution in [3.05, 3.63) is 66.4 Å². The molecule has 1 fully saturated rings. The molecule has 1 saturated heterocycles. The molecule has 1 atom stereocenters. The Kier molecular flexibility index (Phi) is 6.07. The van der Waals surface area contributed by atoms with Gasteiger partial charge in [0.05, 0.1) is 5.69 Å². The van der Waals surface area contributed by atoms with Crippen molar-refractivity contribution in [3.63, 3.8) is 0 Å². The molecular weight excluding hydrogens is 365 g/mol. The van der Waals surface area contributed by atoms with E-state index in [1.54, 1.807) is 12.4 Å². The average molecular weight is 394 g/mol. The molecule has 0 spiro atoms. The number of aromatic nitrogens is 2. The highest BCUT2D eigenvalue weighted by Crippen LogP contribution is 2.37. The quantitative estimate of drug-likeness (QED) is 0.639. The third-order valence-electron chi connectivity index (χ3n) is 5.87. The van der Waals surface area contributed by atoms with Gasteiger partial charge in [-0.2, -0.15) is 0 Å². The standard InChI is InChI=1S/C24H28FN3O/c1-17(16-29)15-28-12-8-19(9-13-28)23-14-22(18-6-10-26-11-7-18)24(27-23)20-2-4-21(25)5-3-20/h2-7,10-11,14,17,19,27,29H,8-9,12-13,15-16H2,1H3/t17-/m1/s1. The topological polar surface area (TPSA) is 52.1 Å². The normalized spacial score (nSPS) is 16.8. The van der Waals surface area contributed by atoms with Gasteiger partial charge in [0.25, 0.3) is 0 Å². The molecule has 0 saturated carbocycles. The molecule has 4 rings (SSSR count). The fourth-order valence-corrected chi connectivity index (χ4v) is 4.22. The van der Waals surface area contributed by atoms with Crippen LogP contribution in [0.1, 0.15) is 31.4 Å². The number of pyridine rings is 1. The SMILES string of the molecule is C[C@@H](CO)CN1CCC(c2cc(-c3ccncc3)c(-c3ccc(F)cc3)[nH]2)CC1. The van der Waals surface area contributed by atoms with Crippen molar-refractivity contribution >= 4 is 0 Å². The van der Waals surface area contributed by atoms with Crippen molar-refractivity contribution in [3.8, 4) is 22.4 Å². The van der Waals surface area contributed by atoms with E-state index in [0.29, 0.717) is 11.8 Å². The van der Waals surface area contributed by atoms with Crippen LogP contribution in [0.15, 0.2) is 54.9 Å². The van der Waals surface area contributed by atoms with E-state index in [2.05, 4.69) is 27.9 Å². The fraction of sp³-hybridized carbons (Fsp3) is 0.375. The lowest BCUT2D eigenvalue weighted by Gasteiger charge is -2.33. The van der Waals surface area contributed by atoms with E-state index in [1.807, 2.05) is 24.3 Å². The minimum absolute atomic E-state index is 0.226. The number of benzene rings is 1. The predicted molar refractivity (Wildman–Crippen MR) is 114 cm³/mol. The molecule has 0 bridgehead atoms. The van der Waals surface area contributed by atoms with Gasteiger partial charge in [0.1, 0.15) is 5.82 Å². The highest BCUT2D eigenvalue weighted by Gasteiger charge is 2.24. The summed E-state index contributed by atoms with van der Waals surface area (Å²) in [6, 6.07) is 12.9. The van der Waals surface area contributed by atoms with Crippen LogP contribution in [0.4, 0.5) is 4.39 Å². The van der Waals surface area contributed by atoms with Gasteiger partial charge in [-0.25, -0.2) is 4.39 Å². The van der Waals surface area contributed by atoms with Crippen LogP contribution >= 0.6 is 0 Å². The zero-order valence-electron chi connectivity index (χ0n) is 16.8. The van der Waals surface area contributed by atoms with Crippen LogP contribution in [0.25, 0.3) is 22.4 Å². The van der Waals surface area contributed by atoms with Crippen molar-refractivity contribution in [2.24, 2.45) is 5.92 Å². The number of likely N-dealkylation sites (tertiary alicyclic amines) is 1. The smallest absolute Gasteiger partial charge is 0.123 e. The summed E-state index contributed by atoms with van der Waals surface area (Å²) in [6.07, 6.45) is 5.79. The predicted octanol–water partition coefficient (Wildman–Crippen LogP) is 4.69. The summed E-state index contributed by atoms with van der Waals surface area (Å²) in [5.74, 6) is 0.571. The van der Waals surface area contributed by atoms with Crippen LogP contribution in [0.2, 0.25) is 0 Å². The number of aliphatic hydroxyl groups is 1. The van der Waals surface area contributed by atoms with E-state index < -0.39 is 0 Å². The molecule has 1 aliphatic heterocycles. The summed E-state index contributed by atoms with van der Waals surface area (Å²) < 4.78 is 13.4. The van der Waals surface area contributed by atoms with Crippen molar-refractivity contribution in [1.82, 2.24) is 14.9 Å². The van der Waals surface area contributed by atoms with Gasteiger partial charge in [-0.3, -0.25) is 4.98 Å². The first kappa shape index (κ1) is 19.8. The number of hydrogen-bond acceptors (Lipinski definition) is 3. The van der Waals surface area contributed by atoms with Crippen molar-refractivity contribution in [2.75, 3.05) is 26.2 Å². The van der Waals surface area contributed by atoms with Crippen LogP contribution in [-0.4, -0.2) is 46.2 Å². The Morgan fingerprint density at radius 3 is 2.45 bits per heavy atom. The number of aliphatic hydroxyl groups excluding tert-OH is 1. The van der Waals surface area contributed by atoms with Crippen LogP contribution in [0, 0.1) is 11.7 Å². The van der Waals surface area contributed by atoms with Crippen LogP contribution in [0.5, 0.6) is 0 Å². The summed E-state index contributed by atoms with van der Waals surface area (Å²) in [5, 5.41) is 9.30. The Morgan fingerprint density at radius 2 is 1.79 bits per heavy atom. The number of hydrogen-bond donors (Lipinski definition) is 2. The molecule has 4 nitrogen and oxygen atoms in total. The molecule has 0 unspecified atom stereocenters. The third kappa shape index (κ3) is 4.57. The van der Waals surface area contributed by atoms with Gasteiger partial charge in [0.2, 0.25) is 0 Å². The first-order valence-electron chi connectivity index (χ1n) is 10.4. The average Bonchev–Trinajstić information content (AvgIpc) is 3.21. The van der Waals surface area contributed by atoms with Crippen molar-refractivity contribution in [2.45, 2.75) is 25.7 Å². The van der Waals surface area contributed by atoms with Gasteiger partial charge in [-0.15, -0.1) is 0 Å². The second kappa shape index (κ2) is 8.89. The van der Waals surface area contributed by atoms with Gasteiger partial charge in [-0.1, -0.05) is 6.92 Å². The Labute approximate surface area is 171 Å². The van der Waals surface area contributed by atoms with E-state index in [1.165, 1.54) is 17.8 Å². The zero-order valence-corrected chi connectivity index (χ0v) is 16.8. The molecule has 3 heterocycles. The van der Waals surface area contributed by atoms with E-state index in [4.69, 9.17) is 0 Å². The summed E-state index contributed by atoms with van der Waals surface area (Å²) in [6.45, 7) is 5.38. The van der Waals surface area contributed by atoms with Crippen molar-refractivity contribution in [1.29, 1.82) is 0 Å². The number of H-pyrrole nitrogens is 1. The Morgan fingerprint density at radius 1 is 1.10 bits per heavy atom. The van der Waals surface area contributed by atoms with E-state index in [0.717, 1.165) is 54.9 Å². The first-order valence-corrected chi connectivity index (χ1v) is 10.4. The highest BCUT2D eigenvalue weighted by molar-refractivity contribution is 5.82. The van der Waals surface area contributed by atoms with E-state index in [-0.39, 0.29) is 12.4 Å². The minimum Gasteiger partial charge on any atom is -0.396 e. The molecule has 1 aromatic carbocycles. The third-order valence-corrected chi connectivity index (χ3v) is 5.87. The lowest BCUT2D eigenvalue weighted by atomic mass is 9.92. The van der Waals surface area contributed by atoms with Gasteiger partial charge in [-0.05, 0) is 85.4 Å². The van der Waals surface area contributed by atoms with Gasteiger partial charge < -0.3 is 15.0 Å². The Hall–Kier alpha value is -2.50.